The van der Waals surface area contributed by atoms with E-state index in [1.165, 1.54) is 353 Å². The highest BCUT2D eigenvalue weighted by Gasteiger charge is 2.20. The van der Waals surface area contributed by atoms with E-state index < -0.39 is 12.1 Å². The largest absolute Gasteiger partial charge is 0.466 e. The van der Waals surface area contributed by atoms with E-state index in [-0.39, 0.29) is 18.5 Å². The zero-order valence-corrected chi connectivity index (χ0v) is 53.4. The lowest BCUT2D eigenvalue weighted by Crippen LogP contribution is -2.45. The van der Waals surface area contributed by atoms with Crippen molar-refractivity contribution in [2.24, 2.45) is 0 Å². The zero-order valence-electron chi connectivity index (χ0n) is 53.4. The van der Waals surface area contributed by atoms with Gasteiger partial charge in [0.1, 0.15) is 0 Å². The number of unbranched alkanes of at least 4 members (excludes halogenated alkanes) is 58. The minimum absolute atomic E-state index is 0.0243. The first-order chi connectivity index (χ1) is 38.5. The van der Waals surface area contributed by atoms with E-state index >= 15 is 0 Å². The first-order valence-electron chi connectivity index (χ1n) is 36.3. The van der Waals surface area contributed by atoms with E-state index in [1.807, 2.05) is 0 Å². The van der Waals surface area contributed by atoms with Crippen LogP contribution in [-0.2, 0) is 14.3 Å². The van der Waals surface area contributed by atoms with E-state index in [4.69, 9.17) is 4.74 Å². The van der Waals surface area contributed by atoms with Crippen molar-refractivity contribution in [1.29, 1.82) is 0 Å². The monoisotopic (exact) mass is 1100 g/mol. The van der Waals surface area contributed by atoms with Gasteiger partial charge in [0, 0.05) is 12.8 Å². The molecule has 78 heavy (non-hydrogen) atoms. The standard InChI is InChI=1S/C72H143NO5/c1-3-5-7-9-11-13-15-17-19-20-30-34-38-42-46-50-54-58-62-66-72(77)78-67-63-59-55-51-47-43-39-35-32-29-27-25-23-21-22-24-26-28-31-33-37-41-45-49-53-57-61-65-71(76)73-69(68-74)70(75)64-60-56-52-48-44-40-36-18-16-14-12-10-8-6-4-2/h69-70,74-75H,3-68H2,1-2H3,(H,73,76). The second-order valence-electron chi connectivity index (χ2n) is 25.3. The molecule has 0 aromatic heterocycles. The second kappa shape index (κ2) is 68.4. The summed E-state index contributed by atoms with van der Waals surface area (Å²) in [5, 5.41) is 23.3. The summed E-state index contributed by atoms with van der Waals surface area (Å²) in [6.45, 7) is 5.01. The lowest BCUT2D eigenvalue weighted by Gasteiger charge is -2.22. The molecule has 2 unspecified atom stereocenters. The van der Waals surface area contributed by atoms with Crippen molar-refractivity contribution in [3.05, 3.63) is 0 Å². The Labute approximate surface area is 489 Å². The molecular formula is C72H143NO5. The Bertz CT molecular complexity index is 1130. The third-order valence-corrected chi connectivity index (χ3v) is 17.4. The third kappa shape index (κ3) is 64.0. The molecule has 0 saturated heterocycles. The molecule has 466 valence electrons. The topological polar surface area (TPSA) is 95.9 Å². The molecule has 0 spiro atoms. The summed E-state index contributed by atoms with van der Waals surface area (Å²) >= 11 is 0. The van der Waals surface area contributed by atoms with Crippen molar-refractivity contribution in [3.63, 3.8) is 0 Å². The number of hydrogen-bond acceptors (Lipinski definition) is 5. The van der Waals surface area contributed by atoms with Gasteiger partial charge in [0.2, 0.25) is 5.91 Å². The fourth-order valence-corrected chi connectivity index (χ4v) is 11.9. The molecule has 0 aromatic carbocycles. The van der Waals surface area contributed by atoms with Crippen LogP contribution in [0.1, 0.15) is 425 Å². The molecule has 0 aliphatic carbocycles. The summed E-state index contributed by atoms with van der Waals surface area (Å²) in [6, 6.07) is -0.538. The maximum atomic E-state index is 12.5. The SMILES string of the molecule is CCCCCCCCCCCCCCCCCCCCCC(=O)OCCCCCCCCCCCCCCCCCCCCCCCCCCCCCC(=O)NC(CO)C(O)CCCCCCCCCCCCCCCCC. The van der Waals surface area contributed by atoms with Gasteiger partial charge < -0.3 is 20.3 Å². The van der Waals surface area contributed by atoms with Crippen LogP contribution in [0.2, 0.25) is 0 Å². The first-order valence-corrected chi connectivity index (χ1v) is 36.3. The van der Waals surface area contributed by atoms with Gasteiger partial charge in [-0.3, -0.25) is 9.59 Å². The lowest BCUT2D eigenvalue weighted by molar-refractivity contribution is -0.143. The number of amides is 1. The van der Waals surface area contributed by atoms with E-state index in [9.17, 15) is 19.8 Å². The average molecular weight is 1100 g/mol. The fourth-order valence-electron chi connectivity index (χ4n) is 11.9. The van der Waals surface area contributed by atoms with Gasteiger partial charge in [-0.25, -0.2) is 0 Å². The van der Waals surface area contributed by atoms with Crippen molar-refractivity contribution < 1.29 is 24.5 Å². The smallest absolute Gasteiger partial charge is 0.305 e. The Hall–Kier alpha value is -1.14. The molecule has 0 fully saturated rings. The van der Waals surface area contributed by atoms with Crippen LogP contribution < -0.4 is 5.32 Å². The maximum Gasteiger partial charge on any atom is 0.305 e. The lowest BCUT2D eigenvalue weighted by atomic mass is 10.0. The average Bonchev–Trinajstić information content (AvgIpc) is 3.44. The minimum Gasteiger partial charge on any atom is -0.466 e. The number of ether oxygens (including phenoxy) is 1. The van der Waals surface area contributed by atoms with E-state index in [1.54, 1.807) is 0 Å². The molecule has 6 nitrogen and oxygen atoms in total. The number of esters is 1. The van der Waals surface area contributed by atoms with Crippen LogP contribution in [0.25, 0.3) is 0 Å². The summed E-state index contributed by atoms with van der Waals surface area (Å²) in [5.41, 5.74) is 0. The summed E-state index contributed by atoms with van der Waals surface area (Å²) in [5.74, 6) is -0.00406. The van der Waals surface area contributed by atoms with Crippen LogP contribution in [0.3, 0.4) is 0 Å². The van der Waals surface area contributed by atoms with Gasteiger partial charge in [-0.15, -0.1) is 0 Å². The molecule has 0 radical (unpaired) electrons. The molecule has 1 amide bonds. The Morgan fingerprint density at radius 1 is 0.308 bits per heavy atom. The highest BCUT2D eigenvalue weighted by Crippen LogP contribution is 2.20. The second-order valence-corrected chi connectivity index (χ2v) is 25.3. The Balaban J connectivity index is 3.31. The number of nitrogens with one attached hydrogen (secondary N) is 1. The summed E-state index contributed by atoms with van der Waals surface area (Å²) < 4.78 is 5.52. The maximum absolute atomic E-state index is 12.5. The Morgan fingerprint density at radius 2 is 0.526 bits per heavy atom. The summed E-state index contributed by atoms with van der Waals surface area (Å²) in [7, 11) is 0. The molecule has 3 N–H and O–H groups in total. The van der Waals surface area contributed by atoms with E-state index in [0.717, 1.165) is 38.5 Å². The minimum atomic E-state index is -0.661. The number of carbonyl (C=O) groups excluding carboxylic acids is 2. The van der Waals surface area contributed by atoms with Crippen LogP contribution in [0.4, 0.5) is 0 Å². The molecule has 0 heterocycles. The van der Waals surface area contributed by atoms with Crippen LogP contribution in [0.15, 0.2) is 0 Å². The predicted octanol–water partition coefficient (Wildman–Crippen LogP) is 23.4. The van der Waals surface area contributed by atoms with Crippen molar-refractivity contribution in [1.82, 2.24) is 5.32 Å². The van der Waals surface area contributed by atoms with Gasteiger partial charge in [-0.2, -0.15) is 0 Å². The quantitative estimate of drug-likeness (QED) is 0.0417. The van der Waals surface area contributed by atoms with Crippen molar-refractivity contribution in [3.8, 4) is 0 Å². The van der Waals surface area contributed by atoms with Crippen molar-refractivity contribution in [2.45, 2.75) is 437 Å². The molecule has 0 bridgehead atoms. The van der Waals surface area contributed by atoms with Gasteiger partial charge in [0.25, 0.3) is 0 Å². The normalized spacial score (nSPS) is 12.4. The molecule has 6 heteroatoms. The molecule has 0 aromatic rings. The van der Waals surface area contributed by atoms with Crippen molar-refractivity contribution >= 4 is 11.9 Å². The first kappa shape index (κ1) is 76.9. The molecule has 0 aliphatic rings. The van der Waals surface area contributed by atoms with Gasteiger partial charge in [0.15, 0.2) is 0 Å². The van der Waals surface area contributed by atoms with Crippen LogP contribution in [-0.4, -0.2) is 47.4 Å². The molecule has 0 saturated carbocycles. The predicted molar refractivity (Wildman–Crippen MR) is 343 cm³/mol. The summed E-state index contributed by atoms with van der Waals surface area (Å²) in [6.07, 6.45) is 83.0. The number of aliphatic hydroxyl groups excluding tert-OH is 2. The van der Waals surface area contributed by atoms with Gasteiger partial charge in [0.05, 0.1) is 25.4 Å². The Morgan fingerprint density at radius 3 is 0.782 bits per heavy atom. The van der Waals surface area contributed by atoms with Crippen LogP contribution in [0, 0.1) is 0 Å². The van der Waals surface area contributed by atoms with Crippen LogP contribution >= 0.6 is 0 Å². The fraction of sp³-hybridized carbons (Fsp3) is 0.972. The number of hydrogen-bond donors (Lipinski definition) is 3. The number of aliphatic hydroxyl groups is 2. The van der Waals surface area contributed by atoms with Gasteiger partial charge in [-0.1, -0.05) is 386 Å². The Kier molecular flexibility index (Phi) is 67.4. The summed E-state index contributed by atoms with van der Waals surface area (Å²) in [4.78, 5) is 24.6. The van der Waals surface area contributed by atoms with Crippen LogP contribution in [0.5, 0.6) is 0 Å². The van der Waals surface area contributed by atoms with Gasteiger partial charge >= 0.3 is 5.97 Å². The van der Waals surface area contributed by atoms with E-state index in [0.29, 0.717) is 25.9 Å². The van der Waals surface area contributed by atoms with E-state index in [2.05, 4.69) is 19.2 Å². The molecular weight excluding hydrogens is 959 g/mol. The molecule has 0 aliphatic heterocycles. The third-order valence-electron chi connectivity index (χ3n) is 17.4. The molecule has 0 rings (SSSR count). The number of carbonyl (C=O) groups is 2. The van der Waals surface area contributed by atoms with Crippen molar-refractivity contribution in [2.75, 3.05) is 13.2 Å². The highest BCUT2D eigenvalue weighted by molar-refractivity contribution is 5.76. The number of rotatable bonds is 69. The zero-order chi connectivity index (χ0) is 56.4. The highest BCUT2D eigenvalue weighted by atomic mass is 16.5. The van der Waals surface area contributed by atoms with Gasteiger partial charge in [-0.05, 0) is 25.7 Å². The molecule has 2 atom stereocenters.